The summed E-state index contributed by atoms with van der Waals surface area (Å²) < 4.78 is 5.86. The number of aryl methyl sites for hydroxylation is 2. The highest BCUT2D eigenvalue weighted by molar-refractivity contribution is 5.39. The number of aromatic nitrogens is 1. The van der Waals surface area contributed by atoms with Crippen molar-refractivity contribution in [2.45, 2.75) is 32.8 Å². The minimum atomic E-state index is 0.568. The van der Waals surface area contributed by atoms with E-state index in [0.717, 1.165) is 23.7 Å². The van der Waals surface area contributed by atoms with Gasteiger partial charge in [-0.05, 0) is 55.5 Å². The molecule has 1 heterocycles. The van der Waals surface area contributed by atoms with Crippen molar-refractivity contribution < 1.29 is 4.74 Å². The minimum Gasteiger partial charge on any atom is -0.489 e. The fourth-order valence-corrected chi connectivity index (χ4v) is 2.60. The fourth-order valence-electron chi connectivity index (χ4n) is 2.60. The molecule has 0 bridgehead atoms. The number of nitrogens with zero attached hydrogens (tertiary/aromatic N) is 1. The van der Waals surface area contributed by atoms with E-state index in [4.69, 9.17) is 4.74 Å². The molecular formula is C17H20N2O. The minimum absolute atomic E-state index is 0.568. The van der Waals surface area contributed by atoms with Gasteiger partial charge in [-0.25, -0.2) is 4.98 Å². The quantitative estimate of drug-likeness (QED) is 0.900. The molecule has 3 heteroatoms. The summed E-state index contributed by atoms with van der Waals surface area (Å²) in [7, 11) is 0. The monoisotopic (exact) mass is 268 g/mol. The van der Waals surface area contributed by atoms with Gasteiger partial charge in [-0.3, -0.25) is 0 Å². The number of hydrogen-bond acceptors (Lipinski definition) is 3. The molecule has 1 aromatic heterocycles. The van der Waals surface area contributed by atoms with Crippen LogP contribution in [-0.4, -0.2) is 11.5 Å². The Morgan fingerprint density at radius 2 is 2.05 bits per heavy atom. The Bertz CT molecular complexity index is 578. The van der Waals surface area contributed by atoms with E-state index >= 15 is 0 Å². The van der Waals surface area contributed by atoms with Crippen molar-refractivity contribution in [3.8, 4) is 5.75 Å². The van der Waals surface area contributed by atoms with Crippen LogP contribution in [-0.2, 0) is 19.4 Å². The van der Waals surface area contributed by atoms with E-state index < -0.39 is 0 Å². The molecule has 3 rings (SSSR count). The third kappa shape index (κ3) is 2.93. The van der Waals surface area contributed by atoms with E-state index in [-0.39, 0.29) is 0 Å². The van der Waals surface area contributed by atoms with Crippen molar-refractivity contribution in [1.29, 1.82) is 0 Å². The number of hydrogen-bond donors (Lipinski definition) is 1. The number of rotatable bonds is 5. The highest BCUT2D eigenvalue weighted by Gasteiger charge is 2.11. The summed E-state index contributed by atoms with van der Waals surface area (Å²) in [5, 5.41) is 3.18. The first-order chi connectivity index (χ1) is 9.85. The van der Waals surface area contributed by atoms with Crippen molar-refractivity contribution in [3.63, 3.8) is 0 Å². The van der Waals surface area contributed by atoms with E-state index in [0.29, 0.717) is 6.61 Å². The lowest BCUT2D eigenvalue weighted by Crippen LogP contribution is -2.01. The average molecular weight is 268 g/mol. The number of nitrogens with one attached hydrogen (secondary N) is 1. The number of anilines is 1. The van der Waals surface area contributed by atoms with Gasteiger partial charge in [0.15, 0.2) is 0 Å². The molecule has 1 aliphatic carbocycles. The molecule has 104 valence electrons. The van der Waals surface area contributed by atoms with Crippen LogP contribution in [0.5, 0.6) is 5.75 Å². The lowest BCUT2D eigenvalue weighted by Gasteiger charge is -2.09. The fraction of sp³-hybridized carbons (Fsp3) is 0.353. The van der Waals surface area contributed by atoms with Gasteiger partial charge in [-0.15, -0.1) is 0 Å². The van der Waals surface area contributed by atoms with Crippen molar-refractivity contribution in [3.05, 3.63) is 53.2 Å². The van der Waals surface area contributed by atoms with Gasteiger partial charge < -0.3 is 10.1 Å². The van der Waals surface area contributed by atoms with Crippen LogP contribution in [0.4, 0.5) is 5.82 Å². The summed E-state index contributed by atoms with van der Waals surface area (Å²) in [6, 6.07) is 10.5. The molecule has 0 radical (unpaired) electrons. The number of ether oxygens (including phenoxy) is 1. The smallest absolute Gasteiger partial charge is 0.125 e. The molecule has 2 aromatic rings. The first kappa shape index (κ1) is 13.0. The van der Waals surface area contributed by atoms with Gasteiger partial charge in [0.25, 0.3) is 0 Å². The second-order valence-corrected chi connectivity index (χ2v) is 5.15. The van der Waals surface area contributed by atoms with Crippen LogP contribution in [0.15, 0.2) is 36.5 Å². The largest absolute Gasteiger partial charge is 0.489 e. The number of pyridine rings is 1. The Morgan fingerprint density at radius 3 is 2.85 bits per heavy atom. The van der Waals surface area contributed by atoms with Crippen LogP contribution in [0, 0.1) is 0 Å². The van der Waals surface area contributed by atoms with Crippen LogP contribution in [0.1, 0.15) is 30.0 Å². The molecule has 1 aliphatic rings. The highest BCUT2D eigenvalue weighted by atomic mass is 16.5. The Hall–Kier alpha value is -2.03. The molecule has 0 unspecified atom stereocenters. The van der Waals surface area contributed by atoms with E-state index in [1.54, 1.807) is 0 Å². The van der Waals surface area contributed by atoms with Gasteiger partial charge in [0.05, 0.1) is 0 Å². The first-order valence-corrected chi connectivity index (χ1v) is 7.28. The van der Waals surface area contributed by atoms with E-state index in [1.165, 1.54) is 30.4 Å². The maximum Gasteiger partial charge on any atom is 0.125 e. The molecule has 0 spiro atoms. The van der Waals surface area contributed by atoms with Crippen molar-refractivity contribution in [1.82, 2.24) is 4.98 Å². The molecule has 0 aliphatic heterocycles. The normalized spacial score (nSPS) is 13.1. The zero-order valence-electron chi connectivity index (χ0n) is 11.9. The second kappa shape index (κ2) is 5.95. The third-order valence-corrected chi connectivity index (χ3v) is 3.66. The molecule has 1 N–H and O–H groups in total. The Balaban J connectivity index is 1.61. The zero-order chi connectivity index (χ0) is 13.8. The van der Waals surface area contributed by atoms with E-state index in [9.17, 15) is 0 Å². The van der Waals surface area contributed by atoms with Crippen LogP contribution in [0.3, 0.4) is 0 Å². The standard InChI is InChI=1S/C17H20N2O/c1-2-18-17-9-6-13(11-19-17)12-20-16-8-7-14-4-3-5-15(14)10-16/h6-11H,2-5,12H2,1H3,(H,18,19). The molecule has 0 fully saturated rings. The van der Waals surface area contributed by atoms with Gasteiger partial charge in [0.1, 0.15) is 18.2 Å². The summed E-state index contributed by atoms with van der Waals surface area (Å²) in [6.45, 7) is 3.52. The van der Waals surface area contributed by atoms with Crippen molar-refractivity contribution in [2.75, 3.05) is 11.9 Å². The SMILES string of the molecule is CCNc1ccc(COc2ccc3c(c2)CCC3)cn1. The van der Waals surface area contributed by atoms with Crippen molar-refractivity contribution >= 4 is 5.82 Å². The molecule has 20 heavy (non-hydrogen) atoms. The Labute approximate surface area is 120 Å². The predicted molar refractivity (Wildman–Crippen MR) is 81.2 cm³/mol. The molecular weight excluding hydrogens is 248 g/mol. The maximum absolute atomic E-state index is 5.86. The number of benzene rings is 1. The highest BCUT2D eigenvalue weighted by Crippen LogP contribution is 2.26. The van der Waals surface area contributed by atoms with Crippen LogP contribution >= 0.6 is 0 Å². The van der Waals surface area contributed by atoms with E-state index in [1.807, 2.05) is 12.3 Å². The van der Waals surface area contributed by atoms with Gasteiger partial charge in [0.2, 0.25) is 0 Å². The summed E-state index contributed by atoms with van der Waals surface area (Å²) in [5.41, 5.74) is 4.02. The van der Waals surface area contributed by atoms with Crippen LogP contribution in [0.2, 0.25) is 0 Å². The molecule has 0 saturated carbocycles. The maximum atomic E-state index is 5.86. The summed E-state index contributed by atoms with van der Waals surface area (Å²) in [4.78, 5) is 4.35. The van der Waals surface area contributed by atoms with Gasteiger partial charge in [0, 0.05) is 18.3 Å². The van der Waals surface area contributed by atoms with Crippen molar-refractivity contribution in [2.24, 2.45) is 0 Å². The third-order valence-electron chi connectivity index (χ3n) is 3.66. The Morgan fingerprint density at radius 1 is 1.15 bits per heavy atom. The summed E-state index contributed by atoms with van der Waals surface area (Å²) in [6.07, 6.45) is 5.54. The second-order valence-electron chi connectivity index (χ2n) is 5.15. The average Bonchev–Trinajstić information content (AvgIpc) is 2.94. The van der Waals surface area contributed by atoms with Gasteiger partial charge in [-0.2, -0.15) is 0 Å². The lowest BCUT2D eigenvalue weighted by atomic mass is 10.1. The molecule has 1 aromatic carbocycles. The molecule has 0 atom stereocenters. The first-order valence-electron chi connectivity index (χ1n) is 7.28. The van der Waals surface area contributed by atoms with Crippen LogP contribution in [0.25, 0.3) is 0 Å². The van der Waals surface area contributed by atoms with Gasteiger partial charge >= 0.3 is 0 Å². The summed E-state index contributed by atoms with van der Waals surface area (Å²) in [5.74, 6) is 1.87. The predicted octanol–water partition coefficient (Wildman–Crippen LogP) is 3.58. The molecule has 0 amide bonds. The topological polar surface area (TPSA) is 34.1 Å². The Kier molecular flexibility index (Phi) is 3.86. The van der Waals surface area contributed by atoms with Crippen LogP contribution < -0.4 is 10.1 Å². The molecule has 3 nitrogen and oxygen atoms in total. The van der Waals surface area contributed by atoms with Gasteiger partial charge in [-0.1, -0.05) is 12.1 Å². The van der Waals surface area contributed by atoms with E-state index in [2.05, 4.69) is 41.5 Å². The molecule has 0 saturated heterocycles. The lowest BCUT2D eigenvalue weighted by molar-refractivity contribution is 0.305. The number of fused-ring (bicyclic) bond motifs is 1. The summed E-state index contributed by atoms with van der Waals surface area (Å²) >= 11 is 0. The zero-order valence-corrected chi connectivity index (χ0v) is 11.9.